The maximum atomic E-state index is 6.44. The molecule has 334 valence electrons. The molecule has 11 aromatic carbocycles. The third-order valence-corrected chi connectivity index (χ3v) is 14.6. The maximum Gasteiger partial charge on any atom is 0.164 e. The Kier molecular flexibility index (Phi) is 8.04. The van der Waals surface area contributed by atoms with Crippen molar-refractivity contribution in [3.05, 3.63) is 218 Å². The monoisotopic (exact) mass is 920 g/mol. The highest BCUT2D eigenvalue weighted by Gasteiger charge is 2.24. The van der Waals surface area contributed by atoms with Crippen molar-refractivity contribution in [2.75, 3.05) is 0 Å². The lowest BCUT2D eigenvalue weighted by Gasteiger charge is -2.16. The first-order chi connectivity index (χ1) is 35.7. The fourth-order valence-corrected chi connectivity index (χ4v) is 11.4. The van der Waals surface area contributed by atoms with Gasteiger partial charge in [0.2, 0.25) is 0 Å². The van der Waals surface area contributed by atoms with Gasteiger partial charge in [-0.3, -0.25) is 0 Å². The minimum atomic E-state index is 0.530. The number of aromatic nitrogens is 4. The molecule has 0 fully saturated rings. The van der Waals surface area contributed by atoms with Crippen LogP contribution in [0, 0.1) is 0 Å². The number of nitrogens with zero attached hydrogens (tertiary/aromatic N) is 4. The van der Waals surface area contributed by atoms with Crippen LogP contribution >= 0.6 is 0 Å². The molecule has 0 bridgehead atoms. The second-order valence-electron chi connectivity index (χ2n) is 18.6. The smallest absolute Gasteiger partial charge is 0.164 e. The summed E-state index contributed by atoms with van der Waals surface area (Å²) in [5, 5.41) is 13.2. The first kappa shape index (κ1) is 39.0. The van der Waals surface area contributed by atoms with Crippen molar-refractivity contribution < 1.29 is 13.3 Å². The van der Waals surface area contributed by atoms with Crippen molar-refractivity contribution in [3.8, 4) is 51.0 Å². The van der Waals surface area contributed by atoms with Crippen molar-refractivity contribution in [3.63, 3.8) is 0 Å². The minimum Gasteiger partial charge on any atom is -0.456 e. The topological polar surface area (TPSA) is 83.0 Å². The van der Waals surface area contributed by atoms with E-state index < -0.39 is 0 Å². The maximum absolute atomic E-state index is 6.44. The summed E-state index contributed by atoms with van der Waals surface area (Å²) in [7, 11) is 0. The zero-order valence-electron chi connectivity index (χ0n) is 38.3. The van der Waals surface area contributed by atoms with E-state index in [0.717, 1.165) is 110 Å². The van der Waals surface area contributed by atoms with Crippen LogP contribution in [0.1, 0.15) is 0 Å². The van der Waals surface area contributed by atoms with E-state index in [0.29, 0.717) is 17.5 Å². The van der Waals surface area contributed by atoms with Gasteiger partial charge in [-0.25, -0.2) is 15.0 Å². The van der Waals surface area contributed by atoms with Crippen molar-refractivity contribution >= 4 is 109 Å². The van der Waals surface area contributed by atoms with Crippen LogP contribution in [-0.2, 0) is 0 Å². The van der Waals surface area contributed by atoms with Gasteiger partial charge in [-0.2, -0.15) is 0 Å². The van der Waals surface area contributed by atoms with Gasteiger partial charge in [0.05, 0.1) is 11.0 Å². The number of para-hydroxylation sites is 3. The van der Waals surface area contributed by atoms with Crippen LogP contribution in [0.15, 0.2) is 232 Å². The van der Waals surface area contributed by atoms with Gasteiger partial charge in [0.25, 0.3) is 0 Å². The minimum absolute atomic E-state index is 0.530. The quantitative estimate of drug-likeness (QED) is 0.171. The van der Waals surface area contributed by atoms with Gasteiger partial charge in [-0.1, -0.05) is 140 Å². The third kappa shape index (κ3) is 5.70. The van der Waals surface area contributed by atoms with E-state index in [9.17, 15) is 0 Å². The van der Waals surface area contributed by atoms with E-state index in [2.05, 4.69) is 150 Å². The second-order valence-corrected chi connectivity index (χ2v) is 18.6. The highest BCUT2D eigenvalue weighted by Crippen LogP contribution is 2.44. The number of furan rings is 3. The van der Waals surface area contributed by atoms with Crippen molar-refractivity contribution in [2.24, 2.45) is 0 Å². The molecule has 7 nitrogen and oxygen atoms in total. The average molecular weight is 921 g/mol. The second kappa shape index (κ2) is 14.8. The van der Waals surface area contributed by atoms with Crippen LogP contribution in [0.3, 0.4) is 0 Å². The molecule has 0 spiro atoms. The zero-order chi connectivity index (χ0) is 47.0. The van der Waals surface area contributed by atoms with E-state index in [4.69, 9.17) is 28.2 Å². The lowest BCUT2D eigenvalue weighted by molar-refractivity contribution is 0.668. The summed E-state index contributed by atoms with van der Waals surface area (Å²) in [4.78, 5) is 16.4. The molecule has 5 aromatic heterocycles. The highest BCUT2D eigenvalue weighted by molar-refractivity contribution is 6.23. The van der Waals surface area contributed by atoms with Gasteiger partial charge in [0, 0.05) is 65.5 Å². The molecular formula is C65H36N4O3. The zero-order valence-corrected chi connectivity index (χ0v) is 38.3. The number of hydrogen-bond donors (Lipinski definition) is 0. The van der Waals surface area contributed by atoms with Crippen LogP contribution in [0.25, 0.3) is 160 Å². The summed E-state index contributed by atoms with van der Waals surface area (Å²) in [6, 6.07) is 76.4. The van der Waals surface area contributed by atoms with Gasteiger partial charge in [-0.15, -0.1) is 0 Å². The summed E-state index contributed by atoms with van der Waals surface area (Å²) < 4.78 is 21.7. The van der Waals surface area contributed by atoms with Gasteiger partial charge < -0.3 is 17.8 Å². The van der Waals surface area contributed by atoms with E-state index in [-0.39, 0.29) is 0 Å². The Hall–Kier alpha value is -9.85. The Morgan fingerprint density at radius 3 is 1.49 bits per heavy atom. The molecule has 7 heteroatoms. The SMILES string of the molecule is c1ccc2cc3c(cc2c1)c1c2ccccc2ccc1n3-c1ccc(-c2nc(-c3cccc4oc5ccccc5c34)nc(-c3cccc4oc5ccccc5c34)n2)c(-c2ccc3oc4ccccc4c3c2)c1. The Labute approximate surface area is 409 Å². The van der Waals surface area contributed by atoms with E-state index in [1.807, 2.05) is 72.8 Å². The molecule has 0 atom stereocenters. The highest BCUT2D eigenvalue weighted by atomic mass is 16.3. The van der Waals surface area contributed by atoms with Gasteiger partial charge in [0.1, 0.15) is 33.5 Å². The van der Waals surface area contributed by atoms with Crippen LogP contribution in [-0.4, -0.2) is 19.5 Å². The van der Waals surface area contributed by atoms with Crippen molar-refractivity contribution in [2.45, 2.75) is 0 Å². The fraction of sp³-hybridized carbons (Fsp3) is 0. The molecule has 0 aliphatic carbocycles. The predicted octanol–water partition coefficient (Wildman–Crippen LogP) is 17.6. The van der Waals surface area contributed by atoms with Gasteiger partial charge in [0.15, 0.2) is 17.5 Å². The molecule has 72 heavy (non-hydrogen) atoms. The average Bonchev–Trinajstić information content (AvgIpc) is 4.21. The van der Waals surface area contributed by atoms with Crippen LogP contribution in [0.2, 0.25) is 0 Å². The molecule has 5 heterocycles. The standard InChI is InChI=1S/C65H36N4O3/c1-2-15-39-35-53-51(33-38(39)14-1)60-42-16-4-3-13-37(42)27-31-52(60)69(53)41-29-30-44(49(36-41)40-28-32-57-50(34-40)43-17-5-8-22-54(43)70-57)63-66-64(47-20-11-25-58-61(47)45-18-6-9-23-55(45)71-58)68-65(67-63)48-21-12-26-59-62(48)46-19-7-10-24-56(46)72-59/h1-36H. The summed E-state index contributed by atoms with van der Waals surface area (Å²) in [5.41, 5.74) is 12.6. The molecule has 0 saturated heterocycles. The van der Waals surface area contributed by atoms with E-state index in [1.54, 1.807) is 0 Å². The summed E-state index contributed by atoms with van der Waals surface area (Å²) >= 11 is 0. The molecule has 0 N–H and O–H groups in total. The first-order valence-electron chi connectivity index (χ1n) is 24.2. The Morgan fingerprint density at radius 1 is 0.278 bits per heavy atom. The number of hydrogen-bond acceptors (Lipinski definition) is 6. The molecule has 0 aliphatic heterocycles. The van der Waals surface area contributed by atoms with Crippen LogP contribution in [0.4, 0.5) is 0 Å². The van der Waals surface area contributed by atoms with Crippen LogP contribution < -0.4 is 0 Å². The molecule has 16 aromatic rings. The normalized spacial score (nSPS) is 12.2. The third-order valence-electron chi connectivity index (χ3n) is 14.6. The van der Waals surface area contributed by atoms with Gasteiger partial charge in [-0.05, 0) is 112 Å². The molecule has 16 rings (SSSR count). The van der Waals surface area contributed by atoms with E-state index >= 15 is 0 Å². The van der Waals surface area contributed by atoms with Gasteiger partial charge >= 0.3 is 0 Å². The number of rotatable bonds is 5. The lowest BCUT2D eigenvalue weighted by Crippen LogP contribution is -2.02. The Balaban J connectivity index is 1.01. The molecular weight excluding hydrogens is 885 g/mol. The molecule has 0 aliphatic rings. The Bertz CT molecular complexity index is 4820. The molecule has 0 amide bonds. The molecule has 0 radical (unpaired) electrons. The summed E-state index contributed by atoms with van der Waals surface area (Å²) in [5.74, 6) is 1.59. The van der Waals surface area contributed by atoms with E-state index in [1.165, 1.54) is 32.3 Å². The summed E-state index contributed by atoms with van der Waals surface area (Å²) in [6.07, 6.45) is 0. The Morgan fingerprint density at radius 2 is 0.806 bits per heavy atom. The van der Waals surface area contributed by atoms with Crippen molar-refractivity contribution in [1.29, 1.82) is 0 Å². The fourth-order valence-electron chi connectivity index (χ4n) is 11.4. The number of fused-ring (bicyclic) bond motifs is 15. The molecule has 0 saturated carbocycles. The summed E-state index contributed by atoms with van der Waals surface area (Å²) in [6.45, 7) is 0. The van der Waals surface area contributed by atoms with Crippen LogP contribution in [0.5, 0.6) is 0 Å². The molecule has 0 unspecified atom stereocenters. The largest absolute Gasteiger partial charge is 0.456 e. The van der Waals surface area contributed by atoms with Crippen molar-refractivity contribution in [1.82, 2.24) is 19.5 Å². The lowest BCUT2D eigenvalue weighted by atomic mass is 9.96. The number of benzene rings is 11. The first-order valence-corrected chi connectivity index (χ1v) is 24.2. The predicted molar refractivity (Wildman–Crippen MR) is 293 cm³/mol.